The number of piperidine rings is 1. The molecule has 7 heteroatoms. The Morgan fingerprint density at radius 1 is 0.958 bits per heavy atom. The number of aromatic nitrogens is 4. The van der Waals surface area contributed by atoms with Gasteiger partial charge in [-0.1, -0.05) is 25.5 Å². The largest absolute Gasteiger partial charge is 0.307 e. The third kappa shape index (κ3) is 3.39. The highest BCUT2D eigenvalue weighted by atomic mass is 35.5. The number of aryl methyl sites for hydroxylation is 1. The van der Waals surface area contributed by atoms with Gasteiger partial charge in [0.15, 0.2) is 5.82 Å². The lowest BCUT2D eigenvalue weighted by molar-refractivity contribution is 0.222. The van der Waals surface area contributed by atoms with Crippen LogP contribution in [0.15, 0.2) is 24.3 Å². The summed E-state index contributed by atoms with van der Waals surface area (Å²) in [5.41, 5.74) is 2.39. The second-order valence-electron chi connectivity index (χ2n) is 6.14. The molecule has 3 heterocycles. The molecule has 0 atom stereocenters. The number of para-hydroxylation sites is 2. The van der Waals surface area contributed by atoms with Crippen molar-refractivity contribution < 1.29 is 0 Å². The Morgan fingerprint density at radius 2 is 1.67 bits per heavy atom. The van der Waals surface area contributed by atoms with Crippen molar-refractivity contribution in [1.29, 1.82) is 0 Å². The molecule has 0 amide bonds. The van der Waals surface area contributed by atoms with Gasteiger partial charge in [-0.3, -0.25) is 0 Å². The Hall–Kier alpha value is -1.30. The Morgan fingerprint density at radius 3 is 2.38 bits per heavy atom. The van der Waals surface area contributed by atoms with Crippen LogP contribution in [0.2, 0.25) is 0 Å². The molecule has 0 radical (unpaired) electrons. The lowest BCUT2D eigenvalue weighted by Crippen LogP contribution is -2.32. The molecule has 0 N–H and O–H groups in total. The van der Waals surface area contributed by atoms with E-state index in [2.05, 4.69) is 45.8 Å². The van der Waals surface area contributed by atoms with Gasteiger partial charge < -0.3 is 9.47 Å². The van der Waals surface area contributed by atoms with Crippen LogP contribution in [-0.4, -0.2) is 43.7 Å². The van der Waals surface area contributed by atoms with E-state index in [0.717, 1.165) is 36.6 Å². The summed E-state index contributed by atoms with van der Waals surface area (Å²) in [7, 11) is 0. The molecule has 3 aromatic rings. The van der Waals surface area contributed by atoms with Crippen LogP contribution in [0.5, 0.6) is 0 Å². The summed E-state index contributed by atoms with van der Waals surface area (Å²) in [4.78, 5) is 7.30. The first-order valence-corrected chi connectivity index (χ1v) is 8.42. The van der Waals surface area contributed by atoms with E-state index in [1.807, 2.05) is 4.52 Å². The molecule has 1 aliphatic heterocycles. The smallest absolute Gasteiger partial charge is 0.233 e. The molecule has 0 saturated carbocycles. The second-order valence-corrected chi connectivity index (χ2v) is 6.14. The molecule has 0 bridgehead atoms. The average molecular weight is 370 g/mol. The Bertz CT molecular complexity index is 789. The third-order valence-corrected chi connectivity index (χ3v) is 4.68. The number of hydrogen-bond acceptors (Lipinski definition) is 3. The van der Waals surface area contributed by atoms with Crippen molar-refractivity contribution in [1.82, 2.24) is 24.1 Å². The molecule has 5 nitrogen and oxygen atoms in total. The maximum absolute atomic E-state index is 4.73. The van der Waals surface area contributed by atoms with E-state index in [4.69, 9.17) is 4.98 Å². The molecular formula is C17H25Cl2N5. The minimum absolute atomic E-state index is 0. The Balaban J connectivity index is 0.00000104. The van der Waals surface area contributed by atoms with E-state index < -0.39 is 0 Å². The van der Waals surface area contributed by atoms with Gasteiger partial charge in [0.2, 0.25) is 5.78 Å². The van der Waals surface area contributed by atoms with Gasteiger partial charge in [0.05, 0.1) is 11.0 Å². The number of halogens is 2. The van der Waals surface area contributed by atoms with Crippen molar-refractivity contribution in [2.75, 3.05) is 19.6 Å². The molecule has 24 heavy (non-hydrogen) atoms. The molecule has 132 valence electrons. The number of benzene rings is 1. The molecular weight excluding hydrogens is 345 g/mol. The summed E-state index contributed by atoms with van der Waals surface area (Å²) in [6.07, 6.45) is 4.94. The van der Waals surface area contributed by atoms with E-state index in [9.17, 15) is 0 Å². The van der Waals surface area contributed by atoms with Crippen molar-refractivity contribution in [3.63, 3.8) is 0 Å². The topological polar surface area (TPSA) is 38.4 Å². The van der Waals surface area contributed by atoms with E-state index in [1.54, 1.807) is 0 Å². The van der Waals surface area contributed by atoms with Gasteiger partial charge in [0.1, 0.15) is 0 Å². The van der Waals surface area contributed by atoms with Gasteiger partial charge in [-0.25, -0.2) is 0 Å². The zero-order chi connectivity index (χ0) is 14.9. The zero-order valence-corrected chi connectivity index (χ0v) is 15.7. The summed E-state index contributed by atoms with van der Waals surface area (Å²) in [5.74, 6) is 1.91. The van der Waals surface area contributed by atoms with Crippen LogP contribution >= 0.6 is 24.8 Å². The van der Waals surface area contributed by atoms with Crippen molar-refractivity contribution in [3.05, 3.63) is 30.1 Å². The minimum Gasteiger partial charge on any atom is -0.307 e. The van der Waals surface area contributed by atoms with Crippen LogP contribution in [0.1, 0.15) is 32.0 Å². The molecule has 0 aliphatic carbocycles. The van der Waals surface area contributed by atoms with Crippen LogP contribution in [0.25, 0.3) is 16.8 Å². The molecule has 1 aliphatic rings. The number of rotatable bonds is 4. The molecule has 1 saturated heterocycles. The lowest BCUT2D eigenvalue weighted by atomic mass is 10.1. The predicted octanol–water partition coefficient (Wildman–Crippen LogP) is 3.58. The standard InChI is InChI=1S/C17H23N5.2ClH/c1-2-16-18-17-21(13-12-20-10-6-3-7-11-20)14-8-4-5-9-15(14)22(17)19-16;;/h4-5,8-9H,2-3,6-7,10-13H2,1H3;2*1H. The second kappa shape index (κ2) is 8.19. The third-order valence-electron chi connectivity index (χ3n) is 4.68. The van der Waals surface area contributed by atoms with Crippen molar-refractivity contribution in [3.8, 4) is 0 Å². The predicted molar refractivity (Wildman–Crippen MR) is 103 cm³/mol. The van der Waals surface area contributed by atoms with Crippen LogP contribution in [0, 0.1) is 0 Å². The number of nitrogens with zero attached hydrogens (tertiary/aromatic N) is 5. The minimum atomic E-state index is 0. The number of imidazole rings is 1. The van der Waals surface area contributed by atoms with Crippen molar-refractivity contribution >= 4 is 41.6 Å². The normalized spacial score (nSPS) is 15.4. The molecule has 0 spiro atoms. The fraction of sp³-hybridized carbons (Fsp3) is 0.529. The highest BCUT2D eigenvalue weighted by Gasteiger charge is 2.16. The Labute approximate surface area is 154 Å². The number of hydrogen-bond donors (Lipinski definition) is 0. The fourth-order valence-corrected chi connectivity index (χ4v) is 3.46. The van der Waals surface area contributed by atoms with Crippen molar-refractivity contribution in [2.45, 2.75) is 39.2 Å². The summed E-state index contributed by atoms with van der Waals surface area (Å²) in [6.45, 7) is 6.67. The van der Waals surface area contributed by atoms with Crippen LogP contribution in [-0.2, 0) is 13.0 Å². The van der Waals surface area contributed by atoms with E-state index in [-0.39, 0.29) is 24.8 Å². The van der Waals surface area contributed by atoms with Gasteiger partial charge in [0.25, 0.3) is 0 Å². The number of likely N-dealkylation sites (tertiary alicyclic amines) is 1. The van der Waals surface area contributed by atoms with Gasteiger partial charge in [-0.2, -0.15) is 9.50 Å². The average Bonchev–Trinajstić information content (AvgIpc) is 3.11. The lowest BCUT2D eigenvalue weighted by Gasteiger charge is -2.26. The molecule has 0 unspecified atom stereocenters. The molecule has 1 aromatic carbocycles. The van der Waals surface area contributed by atoms with Crippen molar-refractivity contribution in [2.24, 2.45) is 0 Å². The molecule has 4 rings (SSSR count). The van der Waals surface area contributed by atoms with E-state index in [0.29, 0.717) is 0 Å². The quantitative estimate of drug-likeness (QED) is 0.705. The van der Waals surface area contributed by atoms with Gasteiger partial charge in [-0.05, 0) is 38.1 Å². The highest BCUT2D eigenvalue weighted by molar-refractivity contribution is 5.85. The zero-order valence-electron chi connectivity index (χ0n) is 14.0. The summed E-state index contributed by atoms with van der Waals surface area (Å²) in [6, 6.07) is 8.48. The van der Waals surface area contributed by atoms with Crippen LogP contribution in [0.4, 0.5) is 0 Å². The first-order chi connectivity index (χ1) is 10.9. The summed E-state index contributed by atoms with van der Waals surface area (Å²) in [5, 5.41) is 4.65. The first kappa shape index (κ1) is 19.0. The summed E-state index contributed by atoms with van der Waals surface area (Å²) >= 11 is 0. The fourth-order valence-electron chi connectivity index (χ4n) is 3.46. The van der Waals surface area contributed by atoms with Gasteiger partial charge in [-0.15, -0.1) is 29.9 Å². The Kier molecular flexibility index (Phi) is 6.49. The first-order valence-electron chi connectivity index (χ1n) is 8.42. The van der Waals surface area contributed by atoms with Gasteiger partial charge >= 0.3 is 0 Å². The summed E-state index contributed by atoms with van der Waals surface area (Å²) < 4.78 is 4.33. The number of fused-ring (bicyclic) bond motifs is 3. The monoisotopic (exact) mass is 369 g/mol. The highest BCUT2D eigenvalue weighted by Crippen LogP contribution is 2.20. The maximum Gasteiger partial charge on any atom is 0.233 e. The van der Waals surface area contributed by atoms with E-state index in [1.165, 1.54) is 37.9 Å². The maximum atomic E-state index is 4.73. The van der Waals surface area contributed by atoms with Gasteiger partial charge in [0, 0.05) is 19.5 Å². The van der Waals surface area contributed by atoms with Crippen LogP contribution < -0.4 is 0 Å². The molecule has 1 fully saturated rings. The molecule has 2 aromatic heterocycles. The van der Waals surface area contributed by atoms with Crippen LogP contribution in [0.3, 0.4) is 0 Å². The van der Waals surface area contributed by atoms with E-state index >= 15 is 0 Å². The SMILES string of the molecule is CCc1nc2n(CCN3CCCCC3)c3ccccc3n2n1.Cl.Cl.